The summed E-state index contributed by atoms with van der Waals surface area (Å²) in [5, 5.41) is 9.65. The minimum atomic E-state index is -0.0330. The molecule has 0 aromatic heterocycles. The van der Waals surface area contributed by atoms with Gasteiger partial charge in [-0.25, -0.2) is 0 Å². The van der Waals surface area contributed by atoms with E-state index in [1.165, 1.54) is 24.8 Å². The second kappa shape index (κ2) is 7.26. The Bertz CT molecular complexity index is 394. The van der Waals surface area contributed by atoms with E-state index in [0.29, 0.717) is 11.6 Å². The molecule has 1 fully saturated rings. The summed E-state index contributed by atoms with van der Waals surface area (Å²) in [6, 6.07) is 8.40. The van der Waals surface area contributed by atoms with Crippen LogP contribution in [-0.4, -0.2) is 32.1 Å². The number of amides is 1. The standard InChI is InChI=1S/C15H23N3O/c1-16-15(19)13-6-4-12(5-7-13)11-18-14-3-2-9-17-10-8-14/h4-7,14,17-18H,2-3,8-11H2,1H3,(H,16,19). The van der Waals surface area contributed by atoms with Crippen molar-refractivity contribution in [3.05, 3.63) is 35.4 Å². The fraction of sp³-hybridized carbons (Fsp3) is 0.533. The third-order valence-corrected chi connectivity index (χ3v) is 3.61. The van der Waals surface area contributed by atoms with E-state index in [9.17, 15) is 4.79 Å². The van der Waals surface area contributed by atoms with Crippen LogP contribution in [0.3, 0.4) is 0 Å². The van der Waals surface area contributed by atoms with Gasteiger partial charge in [0.2, 0.25) is 0 Å². The average Bonchev–Trinajstić information content (AvgIpc) is 2.73. The lowest BCUT2D eigenvalue weighted by molar-refractivity contribution is 0.0963. The molecule has 3 N–H and O–H groups in total. The van der Waals surface area contributed by atoms with Gasteiger partial charge in [0.1, 0.15) is 0 Å². The zero-order valence-electron chi connectivity index (χ0n) is 11.5. The number of carbonyl (C=O) groups is 1. The van der Waals surface area contributed by atoms with Crippen LogP contribution in [0.5, 0.6) is 0 Å². The highest BCUT2D eigenvalue weighted by molar-refractivity contribution is 5.93. The maximum atomic E-state index is 11.4. The van der Waals surface area contributed by atoms with Crippen molar-refractivity contribution in [1.29, 1.82) is 0 Å². The number of nitrogens with one attached hydrogen (secondary N) is 3. The molecule has 0 radical (unpaired) electrons. The lowest BCUT2D eigenvalue weighted by atomic mass is 10.1. The Morgan fingerprint density at radius 3 is 2.79 bits per heavy atom. The Labute approximate surface area is 115 Å². The Kier molecular flexibility index (Phi) is 5.36. The number of benzene rings is 1. The van der Waals surface area contributed by atoms with Gasteiger partial charge >= 0.3 is 0 Å². The molecule has 104 valence electrons. The summed E-state index contributed by atoms with van der Waals surface area (Å²) in [5.41, 5.74) is 1.94. The van der Waals surface area contributed by atoms with Crippen LogP contribution in [0, 0.1) is 0 Å². The number of hydrogen-bond acceptors (Lipinski definition) is 3. The molecule has 0 saturated carbocycles. The van der Waals surface area contributed by atoms with Crippen molar-refractivity contribution in [2.45, 2.75) is 31.8 Å². The zero-order valence-corrected chi connectivity index (χ0v) is 11.5. The van der Waals surface area contributed by atoms with E-state index < -0.39 is 0 Å². The number of carbonyl (C=O) groups excluding carboxylic acids is 1. The Balaban J connectivity index is 1.83. The normalized spacial score (nSPS) is 19.7. The van der Waals surface area contributed by atoms with Crippen LogP contribution in [0.25, 0.3) is 0 Å². The molecule has 1 unspecified atom stereocenters. The van der Waals surface area contributed by atoms with Gasteiger partial charge in [-0.1, -0.05) is 12.1 Å². The third kappa shape index (κ3) is 4.33. The average molecular weight is 261 g/mol. The summed E-state index contributed by atoms with van der Waals surface area (Å²) in [4.78, 5) is 11.4. The Morgan fingerprint density at radius 1 is 1.26 bits per heavy atom. The highest BCUT2D eigenvalue weighted by Crippen LogP contribution is 2.08. The van der Waals surface area contributed by atoms with Crippen LogP contribution in [0.15, 0.2) is 24.3 Å². The fourth-order valence-corrected chi connectivity index (χ4v) is 2.40. The van der Waals surface area contributed by atoms with E-state index in [1.807, 2.05) is 24.3 Å². The molecule has 1 aliphatic heterocycles. The van der Waals surface area contributed by atoms with E-state index in [-0.39, 0.29) is 5.91 Å². The molecule has 1 aliphatic rings. The van der Waals surface area contributed by atoms with Gasteiger partial charge in [0.15, 0.2) is 0 Å². The van der Waals surface area contributed by atoms with Crippen LogP contribution >= 0.6 is 0 Å². The van der Waals surface area contributed by atoms with Crippen molar-refractivity contribution >= 4 is 5.91 Å². The first-order valence-corrected chi connectivity index (χ1v) is 7.04. The van der Waals surface area contributed by atoms with E-state index in [0.717, 1.165) is 19.6 Å². The largest absolute Gasteiger partial charge is 0.355 e. The van der Waals surface area contributed by atoms with Crippen LogP contribution < -0.4 is 16.0 Å². The monoisotopic (exact) mass is 261 g/mol. The van der Waals surface area contributed by atoms with Crippen molar-refractivity contribution in [2.24, 2.45) is 0 Å². The lowest BCUT2D eigenvalue weighted by Gasteiger charge is -2.16. The van der Waals surface area contributed by atoms with E-state index in [4.69, 9.17) is 0 Å². The molecule has 4 heteroatoms. The van der Waals surface area contributed by atoms with Crippen molar-refractivity contribution in [3.8, 4) is 0 Å². The van der Waals surface area contributed by atoms with Crippen LogP contribution in [-0.2, 0) is 6.54 Å². The molecule has 1 saturated heterocycles. The summed E-state index contributed by atoms with van der Waals surface area (Å²) < 4.78 is 0. The van der Waals surface area contributed by atoms with Gasteiger partial charge in [0, 0.05) is 25.2 Å². The molecule has 1 atom stereocenters. The van der Waals surface area contributed by atoms with Crippen LogP contribution in [0.4, 0.5) is 0 Å². The first-order valence-electron chi connectivity index (χ1n) is 7.04. The maximum Gasteiger partial charge on any atom is 0.251 e. The van der Waals surface area contributed by atoms with Gasteiger partial charge in [0.25, 0.3) is 5.91 Å². The number of hydrogen-bond donors (Lipinski definition) is 3. The predicted molar refractivity (Wildman–Crippen MR) is 77.2 cm³/mol. The van der Waals surface area contributed by atoms with Gasteiger partial charge in [-0.05, 0) is 50.0 Å². The van der Waals surface area contributed by atoms with Crippen LogP contribution in [0.1, 0.15) is 35.2 Å². The second-order valence-corrected chi connectivity index (χ2v) is 5.03. The predicted octanol–water partition coefficient (Wildman–Crippen LogP) is 1.28. The zero-order chi connectivity index (χ0) is 13.5. The van der Waals surface area contributed by atoms with E-state index >= 15 is 0 Å². The molecule has 0 spiro atoms. The second-order valence-electron chi connectivity index (χ2n) is 5.03. The first kappa shape index (κ1) is 14.0. The molecule has 1 heterocycles. The molecule has 0 bridgehead atoms. The number of rotatable bonds is 4. The molecule has 0 aliphatic carbocycles. The minimum Gasteiger partial charge on any atom is -0.355 e. The molecular weight excluding hydrogens is 238 g/mol. The van der Waals surface area contributed by atoms with Gasteiger partial charge < -0.3 is 16.0 Å². The smallest absolute Gasteiger partial charge is 0.251 e. The molecule has 19 heavy (non-hydrogen) atoms. The first-order chi connectivity index (χ1) is 9.29. The minimum absolute atomic E-state index is 0.0330. The van der Waals surface area contributed by atoms with E-state index in [1.54, 1.807) is 7.05 Å². The molecule has 1 amide bonds. The van der Waals surface area contributed by atoms with E-state index in [2.05, 4.69) is 16.0 Å². The molecule has 4 nitrogen and oxygen atoms in total. The summed E-state index contributed by atoms with van der Waals surface area (Å²) in [6.45, 7) is 3.12. The molecular formula is C15H23N3O. The molecule has 1 aromatic rings. The third-order valence-electron chi connectivity index (χ3n) is 3.61. The van der Waals surface area contributed by atoms with Gasteiger partial charge in [-0.15, -0.1) is 0 Å². The van der Waals surface area contributed by atoms with Crippen molar-refractivity contribution in [1.82, 2.24) is 16.0 Å². The summed E-state index contributed by atoms with van der Waals surface area (Å²) in [6.07, 6.45) is 3.67. The van der Waals surface area contributed by atoms with Gasteiger partial charge in [0.05, 0.1) is 0 Å². The molecule has 1 aromatic carbocycles. The highest BCUT2D eigenvalue weighted by Gasteiger charge is 2.11. The SMILES string of the molecule is CNC(=O)c1ccc(CNC2CCCNCC2)cc1. The summed E-state index contributed by atoms with van der Waals surface area (Å²) in [5.74, 6) is -0.0330. The summed E-state index contributed by atoms with van der Waals surface area (Å²) in [7, 11) is 1.65. The quantitative estimate of drug-likeness (QED) is 0.765. The lowest BCUT2D eigenvalue weighted by Crippen LogP contribution is -2.29. The maximum absolute atomic E-state index is 11.4. The Hall–Kier alpha value is -1.39. The Morgan fingerprint density at radius 2 is 2.05 bits per heavy atom. The molecule has 2 rings (SSSR count). The van der Waals surface area contributed by atoms with Crippen LogP contribution in [0.2, 0.25) is 0 Å². The van der Waals surface area contributed by atoms with Crippen molar-refractivity contribution in [2.75, 3.05) is 20.1 Å². The summed E-state index contributed by atoms with van der Waals surface area (Å²) >= 11 is 0. The van der Waals surface area contributed by atoms with Gasteiger partial charge in [-0.3, -0.25) is 4.79 Å². The fourth-order valence-electron chi connectivity index (χ4n) is 2.40. The van der Waals surface area contributed by atoms with Crippen molar-refractivity contribution in [3.63, 3.8) is 0 Å². The van der Waals surface area contributed by atoms with Gasteiger partial charge in [-0.2, -0.15) is 0 Å². The highest BCUT2D eigenvalue weighted by atomic mass is 16.1. The topological polar surface area (TPSA) is 53.2 Å². The van der Waals surface area contributed by atoms with Crippen molar-refractivity contribution < 1.29 is 4.79 Å².